The molecule has 4 aliphatic carbocycles. The largest absolute Gasteiger partial charge is 0.476 e. The minimum absolute atomic E-state index is 0.122. The van der Waals surface area contributed by atoms with Crippen molar-refractivity contribution in [3.63, 3.8) is 0 Å². The van der Waals surface area contributed by atoms with Gasteiger partial charge in [0.05, 0.1) is 5.54 Å². The van der Waals surface area contributed by atoms with Crippen LogP contribution in [0.5, 0.6) is 0 Å². The fourth-order valence-electron chi connectivity index (χ4n) is 5.57. The zero-order chi connectivity index (χ0) is 14.1. The van der Waals surface area contributed by atoms with Crippen LogP contribution in [0.4, 0.5) is 0 Å². The molecule has 0 spiro atoms. The molecule has 0 unspecified atom stereocenters. The van der Waals surface area contributed by atoms with Gasteiger partial charge in [0.2, 0.25) is 0 Å². The molecule has 4 fully saturated rings. The van der Waals surface area contributed by atoms with Crippen LogP contribution in [-0.4, -0.2) is 20.9 Å². The van der Waals surface area contributed by atoms with E-state index in [1.807, 2.05) is 13.8 Å². The van der Waals surface area contributed by atoms with Crippen molar-refractivity contribution in [1.82, 2.24) is 9.78 Å². The number of nitrogens with zero attached hydrogens (tertiary/aromatic N) is 2. The van der Waals surface area contributed by atoms with E-state index in [1.54, 1.807) is 0 Å². The summed E-state index contributed by atoms with van der Waals surface area (Å²) in [6.07, 6.45) is 7.80. The molecule has 4 bridgehead atoms. The first kappa shape index (κ1) is 12.4. The molecule has 1 heterocycles. The van der Waals surface area contributed by atoms with Crippen molar-refractivity contribution < 1.29 is 9.90 Å². The van der Waals surface area contributed by atoms with Crippen molar-refractivity contribution in [2.45, 2.75) is 57.9 Å². The maximum absolute atomic E-state index is 11.3. The highest BCUT2D eigenvalue weighted by molar-refractivity contribution is 5.87. The van der Waals surface area contributed by atoms with E-state index in [0.29, 0.717) is 0 Å². The standard InChI is InChI=1S/C16H22N2O2/c1-9-10(2)18(17-14(9)15(19)20)16-6-11-3-12(7-16)5-13(4-11)8-16/h11-13H,3-8H2,1-2H3,(H,19,20). The molecule has 0 aliphatic heterocycles. The lowest BCUT2D eigenvalue weighted by Gasteiger charge is -2.56. The van der Waals surface area contributed by atoms with Gasteiger partial charge in [-0.25, -0.2) is 4.79 Å². The number of carboxylic acid groups (broad SMARTS) is 1. The number of carbonyl (C=O) groups is 1. The maximum atomic E-state index is 11.3. The van der Waals surface area contributed by atoms with Crippen LogP contribution < -0.4 is 0 Å². The normalized spacial score (nSPS) is 38.4. The Hall–Kier alpha value is -1.32. The lowest BCUT2D eigenvalue weighted by atomic mass is 9.53. The molecule has 1 aromatic heterocycles. The average Bonchev–Trinajstić information content (AvgIpc) is 2.65. The molecule has 5 rings (SSSR count). The van der Waals surface area contributed by atoms with Crippen molar-refractivity contribution in [3.05, 3.63) is 17.0 Å². The van der Waals surface area contributed by atoms with Crippen molar-refractivity contribution in [1.29, 1.82) is 0 Å². The van der Waals surface area contributed by atoms with Crippen molar-refractivity contribution in [2.75, 3.05) is 0 Å². The van der Waals surface area contributed by atoms with Gasteiger partial charge in [-0.15, -0.1) is 0 Å². The minimum Gasteiger partial charge on any atom is -0.476 e. The Morgan fingerprint density at radius 2 is 1.65 bits per heavy atom. The van der Waals surface area contributed by atoms with Crippen LogP contribution in [0.15, 0.2) is 0 Å². The molecule has 1 N–H and O–H groups in total. The smallest absolute Gasteiger partial charge is 0.356 e. The van der Waals surface area contributed by atoms with E-state index in [2.05, 4.69) is 9.78 Å². The highest BCUT2D eigenvalue weighted by Crippen LogP contribution is 2.59. The molecule has 0 saturated heterocycles. The number of carboxylic acids is 1. The van der Waals surface area contributed by atoms with Crippen molar-refractivity contribution in [2.24, 2.45) is 17.8 Å². The molecule has 108 valence electrons. The summed E-state index contributed by atoms with van der Waals surface area (Å²) in [5.41, 5.74) is 2.27. The zero-order valence-corrected chi connectivity index (χ0v) is 12.2. The quantitative estimate of drug-likeness (QED) is 0.901. The molecule has 4 heteroatoms. The Kier molecular flexibility index (Phi) is 2.40. The topological polar surface area (TPSA) is 55.1 Å². The summed E-state index contributed by atoms with van der Waals surface area (Å²) < 4.78 is 2.11. The van der Waals surface area contributed by atoms with Crippen LogP contribution in [0.2, 0.25) is 0 Å². The van der Waals surface area contributed by atoms with Crippen LogP contribution in [-0.2, 0) is 5.54 Å². The summed E-state index contributed by atoms with van der Waals surface area (Å²) in [6.45, 7) is 3.93. The van der Waals surface area contributed by atoms with E-state index in [-0.39, 0.29) is 11.2 Å². The summed E-state index contributed by atoms with van der Waals surface area (Å²) in [5.74, 6) is 1.64. The number of rotatable bonds is 2. The van der Waals surface area contributed by atoms with Crippen LogP contribution >= 0.6 is 0 Å². The SMILES string of the molecule is Cc1c(C(=O)O)nn(C23CC4CC(CC(C4)C2)C3)c1C. The third-order valence-corrected chi connectivity index (χ3v) is 6.07. The lowest BCUT2D eigenvalue weighted by molar-refractivity contribution is -0.0505. The van der Waals surface area contributed by atoms with E-state index < -0.39 is 5.97 Å². The fourth-order valence-corrected chi connectivity index (χ4v) is 5.57. The molecule has 4 saturated carbocycles. The van der Waals surface area contributed by atoms with Gasteiger partial charge in [0.25, 0.3) is 0 Å². The van der Waals surface area contributed by atoms with Gasteiger partial charge in [0, 0.05) is 11.3 Å². The Morgan fingerprint density at radius 3 is 2.05 bits per heavy atom. The summed E-state index contributed by atoms with van der Waals surface area (Å²) in [4.78, 5) is 11.3. The lowest BCUT2D eigenvalue weighted by Crippen LogP contribution is -2.52. The fraction of sp³-hybridized carbons (Fsp3) is 0.750. The first-order valence-corrected chi connectivity index (χ1v) is 7.78. The molecule has 0 aromatic carbocycles. The van der Waals surface area contributed by atoms with Gasteiger partial charge in [-0.2, -0.15) is 5.10 Å². The highest BCUT2D eigenvalue weighted by Gasteiger charge is 2.53. The van der Waals surface area contributed by atoms with E-state index in [1.165, 1.54) is 38.5 Å². The van der Waals surface area contributed by atoms with E-state index >= 15 is 0 Å². The average molecular weight is 274 g/mol. The molecule has 1 aromatic rings. The summed E-state index contributed by atoms with van der Waals surface area (Å²) in [5, 5.41) is 13.8. The van der Waals surface area contributed by atoms with Crippen LogP contribution in [0.25, 0.3) is 0 Å². The third kappa shape index (κ3) is 1.54. The molecule has 0 amide bonds. The summed E-state index contributed by atoms with van der Waals surface area (Å²) in [6, 6.07) is 0. The zero-order valence-electron chi connectivity index (χ0n) is 12.2. The molecule has 0 radical (unpaired) electrons. The number of aromatic carboxylic acids is 1. The number of hydrogen-bond acceptors (Lipinski definition) is 2. The molecule has 4 nitrogen and oxygen atoms in total. The van der Waals surface area contributed by atoms with Gasteiger partial charge in [-0.3, -0.25) is 4.68 Å². The Bertz CT molecular complexity index is 552. The Morgan fingerprint density at radius 1 is 1.15 bits per heavy atom. The van der Waals surface area contributed by atoms with Gasteiger partial charge in [-0.05, 0) is 70.1 Å². The minimum atomic E-state index is -0.894. The maximum Gasteiger partial charge on any atom is 0.356 e. The first-order chi connectivity index (χ1) is 9.48. The predicted octanol–water partition coefficient (Wildman–Crippen LogP) is 3.12. The van der Waals surface area contributed by atoms with Crippen LogP contribution in [0.3, 0.4) is 0 Å². The van der Waals surface area contributed by atoms with Gasteiger partial charge in [0.15, 0.2) is 5.69 Å². The van der Waals surface area contributed by atoms with E-state index in [9.17, 15) is 9.90 Å². The second kappa shape index (κ2) is 3.86. The van der Waals surface area contributed by atoms with Gasteiger partial charge in [0.1, 0.15) is 0 Å². The Labute approximate surface area is 119 Å². The summed E-state index contributed by atoms with van der Waals surface area (Å²) >= 11 is 0. The molecule has 0 atom stereocenters. The van der Waals surface area contributed by atoms with Gasteiger partial charge < -0.3 is 5.11 Å². The summed E-state index contributed by atoms with van der Waals surface area (Å²) in [7, 11) is 0. The molecular weight excluding hydrogens is 252 g/mol. The van der Waals surface area contributed by atoms with Crippen LogP contribution in [0.1, 0.15) is 60.3 Å². The number of hydrogen-bond donors (Lipinski definition) is 1. The molecule has 4 aliphatic rings. The van der Waals surface area contributed by atoms with Gasteiger partial charge >= 0.3 is 5.97 Å². The van der Waals surface area contributed by atoms with E-state index in [4.69, 9.17) is 0 Å². The predicted molar refractivity (Wildman–Crippen MR) is 74.8 cm³/mol. The third-order valence-electron chi connectivity index (χ3n) is 6.07. The molecular formula is C16H22N2O2. The first-order valence-electron chi connectivity index (χ1n) is 7.78. The van der Waals surface area contributed by atoms with Gasteiger partial charge in [-0.1, -0.05) is 0 Å². The number of aromatic nitrogens is 2. The van der Waals surface area contributed by atoms with Crippen LogP contribution in [0, 0.1) is 31.6 Å². The molecule has 20 heavy (non-hydrogen) atoms. The van der Waals surface area contributed by atoms with Crippen molar-refractivity contribution in [3.8, 4) is 0 Å². The van der Waals surface area contributed by atoms with Crippen molar-refractivity contribution >= 4 is 5.97 Å². The highest BCUT2D eigenvalue weighted by atomic mass is 16.4. The second-order valence-corrected chi connectivity index (χ2v) is 7.42. The second-order valence-electron chi connectivity index (χ2n) is 7.42. The monoisotopic (exact) mass is 274 g/mol. The van der Waals surface area contributed by atoms with E-state index in [0.717, 1.165) is 29.0 Å². The Balaban J connectivity index is 1.81.